The number of nitrogens with one attached hydrogen (secondary N) is 1. The lowest BCUT2D eigenvalue weighted by atomic mass is 9.98. The number of hydrazine groups is 1. The molecule has 0 aliphatic rings. The first-order valence-electron chi connectivity index (χ1n) is 5.50. The molecule has 2 aromatic carbocycles. The molecule has 7 heteroatoms. The highest BCUT2D eigenvalue weighted by Crippen LogP contribution is 2.32. The molecule has 0 radical (unpaired) electrons. The highest BCUT2D eigenvalue weighted by molar-refractivity contribution is 9.10. The van der Waals surface area contributed by atoms with Gasteiger partial charge in [-0.05, 0) is 33.6 Å². The first-order valence-corrected chi connectivity index (χ1v) is 6.29. The molecule has 0 aliphatic heterocycles. The predicted octanol–water partition coefficient (Wildman–Crippen LogP) is 3.56. The second-order valence-electron chi connectivity index (χ2n) is 4.03. The summed E-state index contributed by atoms with van der Waals surface area (Å²) in [5, 5.41) is 0. The van der Waals surface area contributed by atoms with Crippen LogP contribution >= 0.6 is 15.9 Å². The SMILES string of the molecule is NNC(c1ccc(F)cc1F)c1ccc(F)c(F)c1Br. The highest BCUT2D eigenvalue weighted by Gasteiger charge is 2.22. The maximum absolute atomic E-state index is 13.8. The van der Waals surface area contributed by atoms with Crippen LogP contribution in [0.3, 0.4) is 0 Å². The van der Waals surface area contributed by atoms with Crippen molar-refractivity contribution in [2.45, 2.75) is 6.04 Å². The average Bonchev–Trinajstić information content (AvgIpc) is 2.41. The first-order chi connectivity index (χ1) is 9.45. The summed E-state index contributed by atoms with van der Waals surface area (Å²) in [6.45, 7) is 0. The van der Waals surface area contributed by atoms with Crippen molar-refractivity contribution >= 4 is 15.9 Å². The maximum Gasteiger partial charge on any atom is 0.173 e. The van der Waals surface area contributed by atoms with Gasteiger partial charge in [0, 0.05) is 11.6 Å². The first kappa shape index (κ1) is 15.0. The van der Waals surface area contributed by atoms with Crippen molar-refractivity contribution in [3.05, 3.63) is 69.2 Å². The van der Waals surface area contributed by atoms with Crippen molar-refractivity contribution in [3.63, 3.8) is 0 Å². The van der Waals surface area contributed by atoms with Crippen LogP contribution in [0.25, 0.3) is 0 Å². The molecule has 3 N–H and O–H groups in total. The normalized spacial score (nSPS) is 12.5. The van der Waals surface area contributed by atoms with E-state index in [2.05, 4.69) is 21.4 Å². The van der Waals surface area contributed by atoms with E-state index >= 15 is 0 Å². The number of halogens is 5. The van der Waals surface area contributed by atoms with E-state index in [0.717, 1.165) is 12.1 Å². The Kier molecular flexibility index (Phi) is 4.42. The molecular formula is C13H9BrF4N2. The van der Waals surface area contributed by atoms with Crippen molar-refractivity contribution in [2.24, 2.45) is 5.84 Å². The molecule has 0 aromatic heterocycles. The number of hydrogen-bond acceptors (Lipinski definition) is 2. The van der Waals surface area contributed by atoms with E-state index in [-0.39, 0.29) is 15.6 Å². The lowest BCUT2D eigenvalue weighted by Gasteiger charge is -2.19. The number of nitrogens with two attached hydrogens (primary N) is 1. The second-order valence-corrected chi connectivity index (χ2v) is 4.82. The lowest BCUT2D eigenvalue weighted by Crippen LogP contribution is -2.30. The fourth-order valence-corrected chi connectivity index (χ4v) is 2.40. The zero-order valence-electron chi connectivity index (χ0n) is 9.93. The molecule has 0 heterocycles. The average molecular weight is 349 g/mol. The second kappa shape index (κ2) is 5.90. The quantitative estimate of drug-likeness (QED) is 0.385. The molecule has 0 fully saturated rings. The Morgan fingerprint density at radius 3 is 2.20 bits per heavy atom. The van der Waals surface area contributed by atoms with Gasteiger partial charge in [-0.1, -0.05) is 12.1 Å². The van der Waals surface area contributed by atoms with Gasteiger partial charge in [-0.2, -0.15) is 0 Å². The van der Waals surface area contributed by atoms with Crippen LogP contribution in [-0.4, -0.2) is 0 Å². The smallest absolute Gasteiger partial charge is 0.173 e. The van der Waals surface area contributed by atoms with Gasteiger partial charge in [0.25, 0.3) is 0 Å². The Hall–Kier alpha value is -1.44. The molecule has 1 unspecified atom stereocenters. The zero-order chi connectivity index (χ0) is 14.9. The molecule has 0 bridgehead atoms. The van der Waals surface area contributed by atoms with E-state index in [1.807, 2.05) is 0 Å². The summed E-state index contributed by atoms with van der Waals surface area (Å²) in [7, 11) is 0. The molecule has 0 saturated heterocycles. The third-order valence-electron chi connectivity index (χ3n) is 2.82. The van der Waals surface area contributed by atoms with Crippen molar-refractivity contribution in [3.8, 4) is 0 Å². The monoisotopic (exact) mass is 348 g/mol. The van der Waals surface area contributed by atoms with Gasteiger partial charge in [-0.3, -0.25) is 5.84 Å². The topological polar surface area (TPSA) is 38.0 Å². The maximum atomic E-state index is 13.8. The number of rotatable bonds is 3. The van der Waals surface area contributed by atoms with E-state index < -0.39 is 29.3 Å². The van der Waals surface area contributed by atoms with Crippen LogP contribution in [0.15, 0.2) is 34.8 Å². The van der Waals surface area contributed by atoms with Crippen LogP contribution in [0.2, 0.25) is 0 Å². The Labute approximate surface area is 120 Å². The van der Waals surface area contributed by atoms with E-state index in [1.165, 1.54) is 12.1 Å². The van der Waals surface area contributed by atoms with Crippen LogP contribution in [-0.2, 0) is 0 Å². The van der Waals surface area contributed by atoms with Crippen molar-refractivity contribution in [2.75, 3.05) is 0 Å². The van der Waals surface area contributed by atoms with Crippen LogP contribution in [0, 0.1) is 23.3 Å². The largest absolute Gasteiger partial charge is 0.271 e. The van der Waals surface area contributed by atoms with Gasteiger partial charge in [0.1, 0.15) is 11.6 Å². The van der Waals surface area contributed by atoms with Gasteiger partial charge in [0.05, 0.1) is 10.5 Å². The van der Waals surface area contributed by atoms with Gasteiger partial charge in [-0.15, -0.1) is 0 Å². The van der Waals surface area contributed by atoms with Gasteiger partial charge in [0.15, 0.2) is 11.6 Å². The third-order valence-corrected chi connectivity index (χ3v) is 3.62. The van der Waals surface area contributed by atoms with Crippen molar-refractivity contribution < 1.29 is 17.6 Å². The molecule has 0 amide bonds. The molecule has 2 rings (SSSR count). The highest BCUT2D eigenvalue weighted by atomic mass is 79.9. The minimum Gasteiger partial charge on any atom is -0.271 e. The van der Waals surface area contributed by atoms with Gasteiger partial charge in [-0.25, -0.2) is 23.0 Å². The van der Waals surface area contributed by atoms with Gasteiger partial charge < -0.3 is 0 Å². The summed E-state index contributed by atoms with van der Waals surface area (Å²) in [4.78, 5) is 0. The Bertz CT molecular complexity index is 649. The van der Waals surface area contributed by atoms with E-state index in [4.69, 9.17) is 5.84 Å². The molecule has 20 heavy (non-hydrogen) atoms. The van der Waals surface area contributed by atoms with E-state index in [0.29, 0.717) is 6.07 Å². The standard InChI is InChI=1S/C13H9BrF4N2/c14-11-8(3-4-9(16)12(11)18)13(20-19)7-2-1-6(15)5-10(7)17/h1-5,13,20H,19H2. The fourth-order valence-electron chi connectivity index (χ4n) is 1.85. The molecule has 106 valence electrons. The van der Waals surface area contributed by atoms with Gasteiger partial charge >= 0.3 is 0 Å². The Balaban J connectivity index is 2.55. The molecule has 0 saturated carbocycles. The molecule has 0 aliphatic carbocycles. The molecule has 2 aromatic rings. The summed E-state index contributed by atoms with van der Waals surface area (Å²) < 4.78 is 53.1. The van der Waals surface area contributed by atoms with Crippen LogP contribution in [0.4, 0.5) is 17.6 Å². The molecular weight excluding hydrogens is 340 g/mol. The Morgan fingerprint density at radius 2 is 1.60 bits per heavy atom. The third kappa shape index (κ3) is 2.70. The summed E-state index contributed by atoms with van der Waals surface area (Å²) >= 11 is 2.90. The van der Waals surface area contributed by atoms with Crippen molar-refractivity contribution in [1.29, 1.82) is 0 Å². The van der Waals surface area contributed by atoms with Crippen LogP contribution in [0.5, 0.6) is 0 Å². The predicted molar refractivity (Wildman–Crippen MR) is 69.6 cm³/mol. The van der Waals surface area contributed by atoms with E-state index in [1.54, 1.807) is 0 Å². The van der Waals surface area contributed by atoms with Crippen LogP contribution in [0.1, 0.15) is 17.2 Å². The number of hydrogen-bond donors (Lipinski definition) is 2. The van der Waals surface area contributed by atoms with Crippen LogP contribution < -0.4 is 11.3 Å². The van der Waals surface area contributed by atoms with Crippen molar-refractivity contribution in [1.82, 2.24) is 5.43 Å². The minimum absolute atomic E-state index is 0.0145. The fraction of sp³-hybridized carbons (Fsp3) is 0.0769. The molecule has 2 nitrogen and oxygen atoms in total. The van der Waals surface area contributed by atoms with E-state index in [9.17, 15) is 17.6 Å². The zero-order valence-corrected chi connectivity index (χ0v) is 11.5. The molecule has 0 spiro atoms. The number of benzene rings is 2. The minimum atomic E-state index is -1.11. The van der Waals surface area contributed by atoms with Gasteiger partial charge in [0.2, 0.25) is 0 Å². The summed E-state index contributed by atoms with van der Waals surface area (Å²) in [5.74, 6) is 1.61. The summed E-state index contributed by atoms with van der Waals surface area (Å²) in [6, 6.07) is 4.13. The Morgan fingerprint density at radius 1 is 0.950 bits per heavy atom. The molecule has 1 atom stereocenters. The summed E-state index contributed by atoms with van der Waals surface area (Å²) in [6.07, 6.45) is 0. The lowest BCUT2D eigenvalue weighted by molar-refractivity contribution is 0.495. The summed E-state index contributed by atoms with van der Waals surface area (Å²) in [5.41, 5.74) is 2.51.